The van der Waals surface area contributed by atoms with E-state index in [1.54, 1.807) is 25.6 Å². The molecule has 1 heterocycles. The van der Waals surface area contributed by atoms with Crippen LogP contribution in [-0.4, -0.2) is 31.7 Å². The van der Waals surface area contributed by atoms with Crippen molar-refractivity contribution in [3.63, 3.8) is 0 Å². The smallest absolute Gasteiger partial charge is 0.340 e. The predicted octanol–water partition coefficient (Wildman–Crippen LogP) is 3.72. The summed E-state index contributed by atoms with van der Waals surface area (Å²) in [6.45, 7) is 2.89. The minimum absolute atomic E-state index is 0.352. The Kier molecular flexibility index (Phi) is 5.22. The van der Waals surface area contributed by atoms with E-state index in [-0.39, 0.29) is 5.97 Å². The van der Waals surface area contributed by atoms with Crippen LogP contribution in [0.4, 0.5) is 5.69 Å². The molecule has 0 saturated carbocycles. The number of benzene rings is 1. The number of rotatable bonds is 5. The van der Waals surface area contributed by atoms with Crippen LogP contribution >= 0.6 is 0 Å². The molecule has 0 fully saturated rings. The molecule has 1 aliphatic rings. The quantitative estimate of drug-likeness (QED) is 0.841. The summed E-state index contributed by atoms with van der Waals surface area (Å²) in [5, 5.41) is 3.39. The van der Waals surface area contributed by atoms with Crippen LogP contribution in [0.3, 0.4) is 0 Å². The molecule has 0 aliphatic heterocycles. The van der Waals surface area contributed by atoms with Crippen LogP contribution in [0.5, 0.6) is 5.75 Å². The first-order chi connectivity index (χ1) is 12.2. The van der Waals surface area contributed by atoms with Crippen molar-refractivity contribution >= 4 is 11.7 Å². The van der Waals surface area contributed by atoms with Gasteiger partial charge in [-0.15, -0.1) is 0 Å². The van der Waals surface area contributed by atoms with Crippen LogP contribution in [0.25, 0.3) is 0 Å². The van der Waals surface area contributed by atoms with Crippen molar-refractivity contribution in [1.29, 1.82) is 0 Å². The number of anilines is 1. The molecular weight excluding hydrogens is 316 g/mol. The van der Waals surface area contributed by atoms with Crippen molar-refractivity contribution in [2.45, 2.75) is 32.1 Å². The van der Waals surface area contributed by atoms with Gasteiger partial charge in [0.15, 0.2) is 0 Å². The van der Waals surface area contributed by atoms with Crippen LogP contribution in [0, 0.1) is 6.92 Å². The van der Waals surface area contributed by atoms with E-state index in [1.165, 1.54) is 23.8 Å². The number of nitrogens with zero attached hydrogens (tertiary/aromatic N) is 1. The zero-order valence-corrected chi connectivity index (χ0v) is 15.0. The van der Waals surface area contributed by atoms with E-state index in [9.17, 15) is 4.79 Å². The number of esters is 1. The number of nitrogens with one attached hydrogen (secondary N) is 1. The van der Waals surface area contributed by atoms with Gasteiger partial charge in [0.05, 0.1) is 31.7 Å². The van der Waals surface area contributed by atoms with Crippen molar-refractivity contribution in [3.05, 3.63) is 52.8 Å². The number of methoxy groups -OCH3 is 2. The number of hydrogen-bond donors (Lipinski definition) is 1. The van der Waals surface area contributed by atoms with Gasteiger partial charge in [-0.3, -0.25) is 4.98 Å². The average Bonchev–Trinajstić information content (AvgIpc) is 2.66. The maximum atomic E-state index is 11.9. The number of ether oxygens (including phenoxy) is 2. The SMILES string of the molecule is COC(=O)c1ccncc1NC[C@H]1CCCc2c1ccc(OC)c2C. The zero-order chi connectivity index (χ0) is 17.8. The summed E-state index contributed by atoms with van der Waals surface area (Å²) in [5.74, 6) is 1.00. The van der Waals surface area contributed by atoms with Gasteiger partial charge in [-0.1, -0.05) is 6.07 Å². The fraction of sp³-hybridized carbons (Fsp3) is 0.400. The highest BCUT2D eigenvalue weighted by atomic mass is 16.5. The highest BCUT2D eigenvalue weighted by Gasteiger charge is 2.23. The molecule has 0 bridgehead atoms. The topological polar surface area (TPSA) is 60.5 Å². The third-order valence-electron chi connectivity index (χ3n) is 4.99. The number of fused-ring (bicyclic) bond motifs is 1. The van der Waals surface area contributed by atoms with Crippen LogP contribution in [0.2, 0.25) is 0 Å². The molecule has 5 heteroatoms. The predicted molar refractivity (Wildman–Crippen MR) is 97.5 cm³/mol. The lowest BCUT2D eigenvalue weighted by molar-refractivity contribution is 0.0601. The normalized spacial score (nSPS) is 16.0. The Labute approximate surface area is 148 Å². The summed E-state index contributed by atoms with van der Waals surface area (Å²) in [6.07, 6.45) is 6.65. The molecule has 1 atom stereocenters. The van der Waals surface area contributed by atoms with Crippen molar-refractivity contribution in [2.24, 2.45) is 0 Å². The third kappa shape index (κ3) is 3.45. The molecule has 0 amide bonds. The Hall–Kier alpha value is -2.56. The van der Waals surface area contributed by atoms with Crippen molar-refractivity contribution < 1.29 is 14.3 Å². The van der Waals surface area contributed by atoms with Gasteiger partial charge >= 0.3 is 5.97 Å². The lowest BCUT2D eigenvalue weighted by Crippen LogP contribution is -2.20. The summed E-state index contributed by atoms with van der Waals surface area (Å²) in [7, 11) is 3.10. The molecule has 25 heavy (non-hydrogen) atoms. The van der Waals surface area contributed by atoms with E-state index in [4.69, 9.17) is 9.47 Å². The molecular formula is C20H24N2O3. The second-order valence-corrected chi connectivity index (χ2v) is 6.34. The van der Waals surface area contributed by atoms with E-state index in [1.807, 2.05) is 0 Å². The van der Waals surface area contributed by atoms with E-state index in [0.717, 1.165) is 31.6 Å². The number of pyridine rings is 1. The van der Waals surface area contributed by atoms with Crippen LogP contribution in [0.15, 0.2) is 30.6 Å². The fourth-order valence-electron chi connectivity index (χ4n) is 3.64. The number of carbonyl (C=O) groups excluding carboxylic acids is 1. The average molecular weight is 340 g/mol. The maximum absolute atomic E-state index is 11.9. The largest absolute Gasteiger partial charge is 0.496 e. The van der Waals surface area contributed by atoms with E-state index in [0.29, 0.717) is 17.2 Å². The lowest BCUT2D eigenvalue weighted by Gasteiger charge is -2.28. The summed E-state index contributed by atoms with van der Waals surface area (Å²) < 4.78 is 10.3. The van der Waals surface area contributed by atoms with Crippen molar-refractivity contribution in [1.82, 2.24) is 4.98 Å². The highest BCUT2D eigenvalue weighted by Crippen LogP contribution is 2.37. The second-order valence-electron chi connectivity index (χ2n) is 6.34. The summed E-state index contributed by atoms with van der Waals surface area (Å²) in [4.78, 5) is 16.0. The Balaban J connectivity index is 1.81. The molecule has 1 aliphatic carbocycles. The maximum Gasteiger partial charge on any atom is 0.340 e. The summed E-state index contributed by atoms with van der Waals surface area (Å²) in [5.41, 5.74) is 5.24. The molecule has 1 N–H and O–H groups in total. The molecule has 0 spiro atoms. The first kappa shape index (κ1) is 17.3. The minimum Gasteiger partial charge on any atom is -0.496 e. The van der Waals surface area contributed by atoms with Gasteiger partial charge in [0.25, 0.3) is 0 Å². The van der Waals surface area contributed by atoms with Gasteiger partial charge in [-0.05, 0) is 55.0 Å². The zero-order valence-electron chi connectivity index (χ0n) is 15.0. The molecule has 1 aromatic carbocycles. The molecule has 5 nitrogen and oxygen atoms in total. The standard InChI is InChI=1S/C20H24N2O3/c1-13-15-6-4-5-14(16(15)7-8-19(13)24-2)11-22-18-12-21-10-9-17(18)20(23)25-3/h7-10,12,14,22H,4-6,11H2,1-3H3/t14-/m1/s1. The Bertz CT molecular complexity index is 774. The van der Waals surface area contributed by atoms with Crippen LogP contribution in [-0.2, 0) is 11.2 Å². The minimum atomic E-state index is -0.352. The molecule has 1 aromatic heterocycles. The van der Waals surface area contributed by atoms with Crippen molar-refractivity contribution in [3.8, 4) is 5.75 Å². The molecule has 132 valence electrons. The van der Waals surface area contributed by atoms with E-state index >= 15 is 0 Å². The van der Waals surface area contributed by atoms with Crippen LogP contribution < -0.4 is 10.1 Å². The number of hydrogen-bond acceptors (Lipinski definition) is 5. The molecule has 0 saturated heterocycles. The number of carbonyl (C=O) groups is 1. The first-order valence-electron chi connectivity index (χ1n) is 8.58. The Morgan fingerprint density at radius 1 is 1.32 bits per heavy atom. The highest BCUT2D eigenvalue weighted by molar-refractivity contribution is 5.95. The van der Waals surface area contributed by atoms with Crippen LogP contribution in [0.1, 0.15) is 45.8 Å². The molecule has 0 radical (unpaired) electrons. The van der Waals surface area contributed by atoms with E-state index < -0.39 is 0 Å². The van der Waals surface area contributed by atoms with Gasteiger partial charge < -0.3 is 14.8 Å². The summed E-state index contributed by atoms with van der Waals surface area (Å²) in [6, 6.07) is 5.91. The Morgan fingerprint density at radius 3 is 2.92 bits per heavy atom. The molecule has 0 unspecified atom stereocenters. The summed E-state index contributed by atoms with van der Waals surface area (Å²) >= 11 is 0. The number of aromatic nitrogens is 1. The fourth-order valence-corrected chi connectivity index (χ4v) is 3.64. The van der Waals surface area contributed by atoms with Gasteiger partial charge in [0, 0.05) is 18.7 Å². The second kappa shape index (κ2) is 7.55. The molecule has 2 aromatic rings. The Morgan fingerprint density at radius 2 is 2.16 bits per heavy atom. The third-order valence-corrected chi connectivity index (χ3v) is 4.99. The van der Waals surface area contributed by atoms with Gasteiger partial charge in [0.2, 0.25) is 0 Å². The monoisotopic (exact) mass is 340 g/mol. The first-order valence-corrected chi connectivity index (χ1v) is 8.58. The van der Waals surface area contributed by atoms with E-state index in [2.05, 4.69) is 29.4 Å². The van der Waals surface area contributed by atoms with Crippen molar-refractivity contribution in [2.75, 3.05) is 26.1 Å². The van der Waals surface area contributed by atoms with Gasteiger partial charge in [0.1, 0.15) is 5.75 Å². The van der Waals surface area contributed by atoms with Gasteiger partial charge in [-0.2, -0.15) is 0 Å². The van der Waals surface area contributed by atoms with Gasteiger partial charge in [-0.25, -0.2) is 4.79 Å². The lowest BCUT2D eigenvalue weighted by atomic mass is 9.80. The molecule has 3 rings (SSSR count).